The molecule has 0 aliphatic rings. The van der Waals surface area contributed by atoms with Gasteiger partial charge in [0.1, 0.15) is 11.0 Å². The fraction of sp³-hybridized carbons (Fsp3) is 0.400. The molecule has 0 saturated heterocycles. The number of anilines is 1. The number of thiazole rings is 1. The van der Waals surface area contributed by atoms with Gasteiger partial charge < -0.3 is 4.90 Å². The number of fused-ring (bicyclic) bond motifs is 3. The van der Waals surface area contributed by atoms with Crippen molar-refractivity contribution in [2.45, 2.75) is 13.8 Å². The second-order valence-electron chi connectivity index (χ2n) is 3.79. The van der Waals surface area contributed by atoms with E-state index in [1.54, 1.807) is 22.1 Å². The number of hydrogen-bond acceptors (Lipinski definition) is 6. The Balaban J connectivity index is 2.28. The Morgan fingerprint density at radius 1 is 1.44 bits per heavy atom. The summed E-state index contributed by atoms with van der Waals surface area (Å²) < 4.78 is 3.28. The molecule has 0 spiro atoms. The molecule has 94 valence electrons. The summed E-state index contributed by atoms with van der Waals surface area (Å²) >= 11 is 6.73. The van der Waals surface area contributed by atoms with E-state index in [4.69, 9.17) is 12.2 Å². The summed E-state index contributed by atoms with van der Waals surface area (Å²) in [7, 11) is 0. The number of hydrogen-bond donors (Lipinski definition) is 1. The predicted molar refractivity (Wildman–Crippen MR) is 74.9 cm³/mol. The molecule has 0 aliphatic carbocycles. The minimum Gasteiger partial charge on any atom is -0.349 e. The standard InChI is InChI=1S/C10H12N6S2/c1-3-15(4-2)10-12-7-6(18-10)8-13-14-9(17)16(8)5-11-7/h5H,3-4H2,1-2H3,(H,14,17). The first-order valence-electron chi connectivity index (χ1n) is 5.71. The smallest absolute Gasteiger partial charge is 0.200 e. The van der Waals surface area contributed by atoms with E-state index in [0.29, 0.717) is 4.77 Å². The molecule has 3 heterocycles. The largest absolute Gasteiger partial charge is 0.349 e. The van der Waals surface area contributed by atoms with Crippen LogP contribution in [0.3, 0.4) is 0 Å². The molecule has 0 unspecified atom stereocenters. The molecule has 6 nitrogen and oxygen atoms in total. The summed E-state index contributed by atoms with van der Waals surface area (Å²) in [5.74, 6) is 0. The van der Waals surface area contributed by atoms with Crippen LogP contribution in [0.5, 0.6) is 0 Å². The van der Waals surface area contributed by atoms with Crippen LogP contribution in [0, 0.1) is 4.77 Å². The highest BCUT2D eigenvalue weighted by molar-refractivity contribution is 7.71. The summed E-state index contributed by atoms with van der Waals surface area (Å²) in [5, 5.41) is 7.98. The molecule has 0 fully saturated rings. The van der Waals surface area contributed by atoms with Crippen LogP contribution >= 0.6 is 23.6 Å². The fourth-order valence-corrected chi connectivity index (χ4v) is 3.15. The number of rotatable bonds is 3. The number of aromatic amines is 1. The van der Waals surface area contributed by atoms with Gasteiger partial charge in [-0.2, -0.15) is 10.1 Å². The van der Waals surface area contributed by atoms with E-state index in [2.05, 4.69) is 38.9 Å². The van der Waals surface area contributed by atoms with Crippen molar-refractivity contribution in [3.05, 3.63) is 11.1 Å². The maximum Gasteiger partial charge on any atom is 0.200 e. The van der Waals surface area contributed by atoms with Crippen LogP contribution in [0.25, 0.3) is 16.0 Å². The lowest BCUT2D eigenvalue weighted by atomic mass is 10.5. The zero-order valence-electron chi connectivity index (χ0n) is 10.0. The van der Waals surface area contributed by atoms with Crippen molar-refractivity contribution >= 4 is 44.7 Å². The van der Waals surface area contributed by atoms with Crippen LogP contribution in [0.4, 0.5) is 5.13 Å². The second kappa shape index (κ2) is 4.29. The zero-order chi connectivity index (χ0) is 12.7. The number of nitrogens with zero attached hydrogens (tertiary/aromatic N) is 5. The van der Waals surface area contributed by atoms with Crippen molar-refractivity contribution in [3.63, 3.8) is 0 Å². The van der Waals surface area contributed by atoms with Gasteiger partial charge in [0, 0.05) is 13.1 Å². The summed E-state index contributed by atoms with van der Waals surface area (Å²) in [4.78, 5) is 11.1. The van der Waals surface area contributed by atoms with Crippen LogP contribution in [0.2, 0.25) is 0 Å². The molecular formula is C10H12N6S2. The molecule has 3 aromatic rings. The van der Waals surface area contributed by atoms with Gasteiger partial charge in [0.05, 0.1) is 0 Å². The Kier molecular flexibility index (Phi) is 2.75. The Morgan fingerprint density at radius 3 is 2.94 bits per heavy atom. The van der Waals surface area contributed by atoms with Crippen molar-refractivity contribution < 1.29 is 0 Å². The number of aromatic nitrogens is 5. The molecule has 3 rings (SSSR count). The van der Waals surface area contributed by atoms with Crippen molar-refractivity contribution in [1.29, 1.82) is 0 Å². The predicted octanol–water partition coefficient (Wildman–Crippen LogP) is 2.24. The van der Waals surface area contributed by atoms with Gasteiger partial charge in [-0.05, 0) is 26.1 Å². The van der Waals surface area contributed by atoms with E-state index in [9.17, 15) is 0 Å². The first-order chi connectivity index (χ1) is 8.74. The third-order valence-corrected chi connectivity index (χ3v) is 4.22. The van der Waals surface area contributed by atoms with Gasteiger partial charge in [-0.15, -0.1) is 0 Å². The van der Waals surface area contributed by atoms with Gasteiger partial charge in [-0.1, -0.05) is 11.3 Å². The third-order valence-electron chi connectivity index (χ3n) is 2.83. The summed E-state index contributed by atoms with van der Waals surface area (Å²) in [6, 6.07) is 0. The van der Waals surface area contributed by atoms with Crippen LogP contribution in [-0.4, -0.2) is 37.7 Å². The van der Waals surface area contributed by atoms with Gasteiger partial charge in [0.2, 0.25) is 4.77 Å². The van der Waals surface area contributed by atoms with Crippen molar-refractivity contribution in [1.82, 2.24) is 24.6 Å². The molecule has 1 N–H and O–H groups in total. The van der Waals surface area contributed by atoms with Gasteiger partial charge >= 0.3 is 0 Å². The molecule has 0 bridgehead atoms. The van der Waals surface area contributed by atoms with Gasteiger partial charge in [-0.3, -0.25) is 9.50 Å². The topological polar surface area (TPSA) is 62.1 Å². The normalized spacial score (nSPS) is 11.4. The highest BCUT2D eigenvalue weighted by Crippen LogP contribution is 2.29. The van der Waals surface area contributed by atoms with Gasteiger partial charge in [0.25, 0.3) is 0 Å². The fourth-order valence-electron chi connectivity index (χ4n) is 1.85. The Bertz CT molecular complexity index is 750. The van der Waals surface area contributed by atoms with E-state index in [0.717, 1.165) is 34.2 Å². The van der Waals surface area contributed by atoms with E-state index in [-0.39, 0.29) is 0 Å². The highest BCUT2D eigenvalue weighted by atomic mass is 32.1. The van der Waals surface area contributed by atoms with E-state index >= 15 is 0 Å². The van der Waals surface area contributed by atoms with Crippen molar-refractivity contribution in [2.75, 3.05) is 18.0 Å². The van der Waals surface area contributed by atoms with Crippen LogP contribution < -0.4 is 4.90 Å². The number of H-pyrrole nitrogens is 1. The quantitative estimate of drug-likeness (QED) is 0.746. The monoisotopic (exact) mass is 280 g/mol. The summed E-state index contributed by atoms with van der Waals surface area (Å²) in [6.07, 6.45) is 1.66. The first kappa shape index (κ1) is 11.5. The molecule has 8 heteroatoms. The zero-order valence-corrected chi connectivity index (χ0v) is 11.7. The average Bonchev–Trinajstić information content (AvgIpc) is 2.95. The minimum atomic E-state index is 0.553. The Hall–Kier alpha value is -1.54. The molecule has 3 aromatic heterocycles. The highest BCUT2D eigenvalue weighted by Gasteiger charge is 2.13. The second-order valence-corrected chi connectivity index (χ2v) is 5.15. The molecule has 0 radical (unpaired) electrons. The lowest BCUT2D eigenvalue weighted by Gasteiger charge is -2.15. The maximum absolute atomic E-state index is 5.13. The van der Waals surface area contributed by atoms with Gasteiger partial charge in [0.15, 0.2) is 16.4 Å². The third kappa shape index (κ3) is 1.60. The SMILES string of the molecule is CCN(CC)c1nc2ncn3c(=S)[nH]nc3c2s1. The van der Waals surface area contributed by atoms with Crippen molar-refractivity contribution in [2.24, 2.45) is 0 Å². The average molecular weight is 280 g/mol. The van der Waals surface area contributed by atoms with E-state index < -0.39 is 0 Å². The van der Waals surface area contributed by atoms with E-state index in [1.807, 2.05) is 0 Å². The summed E-state index contributed by atoms with van der Waals surface area (Å²) in [6.45, 7) is 6.09. The molecule has 0 aromatic carbocycles. The first-order valence-corrected chi connectivity index (χ1v) is 6.94. The maximum atomic E-state index is 5.13. The Labute approximate surface area is 112 Å². The minimum absolute atomic E-state index is 0.553. The lowest BCUT2D eigenvalue weighted by Crippen LogP contribution is -2.21. The van der Waals surface area contributed by atoms with E-state index in [1.165, 1.54) is 0 Å². The Morgan fingerprint density at radius 2 is 2.22 bits per heavy atom. The summed E-state index contributed by atoms with van der Waals surface area (Å²) in [5.41, 5.74) is 1.52. The van der Waals surface area contributed by atoms with Crippen LogP contribution in [-0.2, 0) is 0 Å². The molecular weight excluding hydrogens is 268 g/mol. The van der Waals surface area contributed by atoms with Gasteiger partial charge in [-0.25, -0.2) is 4.98 Å². The molecule has 0 saturated carbocycles. The molecule has 0 atom stereocenters. The van der Waals surface area contributed by atoms with Crippen molar-refractivity contribution in [3.8, 4) is 0 Å². The lowest BCUT2D eigenvalue weighted by molar-refractivity contribution is 0.861. The number of nitrogens with one attached hydrogen (secondary N) is 1. The van der Waals surface area contributed by atoms with Crippen LogP contribution in [0.15, 0.2) is 6.33 Å². The molecule has 0 aliphatic heterocycles. The van der Waals surface area contributed by atoms with Crippen LogP contribution in [0.1, 0.15) is 13.8 Å². The molecule has 18 heavy (non-hydrogen) atoms. The molecule has 0 amide bonds.